The van der Waals surface area contributed by atoms with E-state index in [2.05, 4.69) is 20.6 Å². The van der Waals surface area contributed by atoms with Gasteiger partial charge in [0.25, 0.3) is 0 Å². The van der Waals surface area contributed by atoms with Gasteiger partial charge in [0, 0.05) is 26.2 Å². The highest BCUT2D eigenvalue weighted by Gasteiger charge is 2.11. The molecule has 0 radical (unpaired) electrons. The summed E-state index contributed by atoms with van der Waals surface area (Å²) in [5, 5.41) is 6.44. The second-order valence-electron chi connectivity index (χ2n) is 4.86. The molecule has 0 saturated carbocycles. The maximum Gasteiger partial charge on any atom is 0.401 e. The molecule has 0 unspecified atom stereocenters. The largest absolute Gasteiger partial charge is 0.401 e. The zero-order valence-electron chi connectivity index (χ0n) is 11.9. The maximum atomic E-state index is 4.49. The Morgan fingerprint density at radius 2 is 1.48 bits per heavy atom. The molecule has 1 saturated heterocycles. The van der Waals surface area contributed by atoms with E-state index in [0.717, 1.165) is 43.2 Å². The minimum absolute atomic E-state index is 0.844. The lowest BCUT2D eigenvalue weighted by atomic mass is 10.3. The quantitative estimate of drug-likeness (QED) is 0.584. The third-order valence-corrected chi connectivity index (χ3v) is 3.29. The van der Waals surface area contributed by atoms with Gasteiger partial charge in [-0.1, -0.05) is 23.2 Å². The highest BCUT2D eigenvalue weighted by Crippen LogP contribution is 2.09. The van der Waals surface area contributed by atoms with Crippen LogP contribution in [-0.4, -0.2) is 36.1 Å². The van der Waals surface area contributed by atoms with Gasteiger partial charge in [0.15, 0.2) is 5.52 Å². The first kappa shape index (κ1) is 13.7. The Labute approximate surface area is 124 Å². The average Bonchev–Trinajstić information content (AvgIpc) is 3.02. The summed E-state index contributed by atoms with van der Waals surface area (Å²) >= 11 is 0. The zero-order valence-corrected chi connectivity index (χ0v) is 11.9. The van der Waals surface area contributed by atoms with E-state index < -0.39 is 0 Å². The number of piperazine rings is 1. The number of aromatic nitrogens is 3. The van der Waals surface area contributed by atoms with E-state index in [4.69, 9.17) is 0 Å². The molecular weight excluding hydrogens is 262 g/mol. The van der Waals surface area contributed by atoms with Crippen LogP contribution in [0.2, 0.25) is 0 Å². The summed E-state index contributed by atoms with van der Waals surface area (Å²) in [6.45, 7) is 4.56. The molecule has 1 fully saturated rings. The van der Waals surface area contributed by atoms with Crippen LogP contribution < -0.4 is 15.2 Å². The van der Waals surface area contributed by atoms with Gasteiger partial charge in [-0.25, -0.2) is 9.55 Å². The molecule has 3 heterocycles. The lowest BCUT2D eigenvalue weighted by Crippen LogP contribution is -2.39. The highest BCUT2D eigenvalue weighted by molar-refractivity contribution is 5.75. The highest BCUT2D eigenvalue weighted by atomic mass is 15.1. The molecule has 1 aliphatic heterocycles. The molecule has 0 aliphatic carbocycles. The first-order valence-corrected chi connectivity index (χ1v) is 7.26. The number of H-pyrrole nitrogens is 1. The van der Waals surface area contributed by atoms with Gasteiger partial charge in [-0.2, -0.15) is 0 Å². The van der Waals surface area contributed by atoms with Crippen molar-refractivity contribution in [3.05, 3.63) is 54.9 Å². The van der Waals surface area contributed by atoms with Crippen LogP contribution in [0.5, 0.6) is 0 Å². The number of pyridine rings is 1. The van der Waals surface area contributed by atoms with Crippen LogP contribution in [-0.2, 0) is 0 Å². The van der Waals surface area contributed by atoms with Gasteiger partial charge in [0.05, 0.1) is 12.4 Å². The van der Waals surface area contributed by atoms with Gasteiger partial charge in [-0.15, -0.1) is 0 Å². The Balaban J connectivity index is 0.000000186. The van der Waals surface area contributed by atoms with Crippen molar-refractivity contribution >= 4 is 11.0 Å². The van der Waals surface area contributed by atoms with E-state index in [9.17, 15) is 0 Å². The summed E-state index contributed by atoms with van der Waals surface area (Å²) in [6.07, 6.45) is 3.94. The average molecular weight is 282 g/mol. The monoisotopic (exact) mass is 282 g/mol. The zero-order chi connectivity index (χ0) is 14.3. The molecule has 3 N–H and O–H groups in total. The number of aromatic amines is 1. The van der Waals surface area contributed by atoms with Crippen LogP contribution in [0.1, 0.15) is 0 Å². The van der Waals surface area contributed by atoms with E-state index in [0.29, 0.717) is 0 Å². The van der Waals surface area contributed by atoms with Gasteiger partial charge in [0.2, 0.25) is 0 Å². The van der Waals surface area contributed by atoms with Gasteiger partial charge in [-0.05, 0) is 24.3 Å². The normalized spacial score (nSPS) is 14.5. The van der Waals surface area contributed by atoms with Gasteiger partial charge in [0.1, 0.15) is 5.52 Å². The number of hydrogen-bond acceptors (Lipinski definition) is 3. The van der Waals surface area contributed by atoms with Crippen molar-refractivity contribution in [2.24, 2.45) is 0 Å². The Morgan fingerprint density at radius 1 is 0.810 bits per heavy atom. The van der Waals surface area contributed by atoms with Crippen molar-refractivity contribution in [1.82, 2.24) is 20.6 Å². The number of imidazole rings is 1. The van der Waals surface area contributed by atoms with E-state index in [1.807, 2.05) is 59.4 Å². The molecule has 0 spiro atoms. The fourth-order valence-corrected chi connectivity index (χ4v) is 2.21. The van der Waals surface area contributed by atoms with Crippen molar-refractivity contribution in [1.29, 1.82) is 0 Å². The van der Waals surface area contributed by atoms with Crippen LogP contribution in [0.3, 0.4) is 0 Å². The molecule has 4 rings (SSSR count). The topological polar surface area (TPSA) is 56.6 Å². The van der Waals surface area contributed by atoms with E-state index in [-0.39, 0.29) is 0 Å². The molecule has 0 atom stereocenters. The predicted molar refractivity (Wildman–Crippen MR) is 83.4 cm³/mol. The molecular formula is C16H20N5+. The Hall–Kier alpha value is -2.24. The number of nitrogens with zero attached hydrogens (tertiary/aromatic N) is 2. The van der Waals surface area contributed by atoms with Crippen molar-refractivity contribution < 1.29 is 4.57 Å². The predicted octanol–water partition coefficient (Wildman–Crippen LogP) is 1.02. The summed E-state index contributed by atoms with van der Waals surface area (Å²) in [5.74, 6) is 0.844. The SMILES string of the molecule is C1CNCCN1.c1cc[n+](-c2nc3ccccc3[nH]2)cc1. The van der Waals surface area contributed by atoms with Gasteiger partial charge < -0.3 is 10.6 Å². The number of fused-ring (bicyclic) bond motifs is 1. The van der Waals surface area contributed by atoms with E-state index in [1.54, 1.807) is 0 Å². The lowest BCUT2D eigenvalue weighted by molar-refractivity contribution is -0.603. The number of benzene rings is 1. The fourth-order valence-electron chi connectivity index (χ4n) is 2.21. The molecule has 1 aliphatic rings. The summed E-state index contributed by atoms with van der Waals surface area (Å²) in [4.78, 5) is 7.75. The van der Waals surface area contributed by atoms with Crippen LogP contribution in [0.4, 0.5) is 0 Å². The third-order valence-electron chi connectivity index (χ3n) is 3.29. The Morgan fingerprint density at radius 3 is 2.10 bits per heavy atom. The smallest absolute Gasteiger partial charge is 0.314 e. The molecule has 0 amide bonds. The molecule has 1 aromatic carbocycles. The van der Waals surface area contributed by atoms with E-state index >= 15 is 0 Å². The van der Waals surface area contributed by atoms with Crippen LogP contribution in [0.15, 0.2) is 54.9 Å². The maximum absolute atomic E-state index is 4.49. The van der Waals surface area contributed by atoms with Gasteiger partial charge in [-0.3, -0.25) is 0 Å². The third kappa shape index (κ3) is 3.65. The second-order valence-corrected chi connectivity index (χ2v) is 4.86. The molecule has 5 nitrogen and oxygen atoms in total. The van der Waals surface area contributed by atoms with Crippen molar-refractivity contribution in [3.8, 4) is 5.95 Å². The molecule has 5 heteroatoms. The Kier molecular flexibility index (Phi) is 4.55. The first-order chi connectivity index (χ1) is 10.4. The van der Waals surface area contributed by atoms with Gasteiger partial charge >= 0.3 is 5.95 Å². The second kappa shape index (κ2) is 6.97. The summed E-state index contributed by atoms with van der Waals surface area (Å²) in [7, 11) is 0. The van der Waals surface area contributed by atoms with Crippen molar-refractivity contribution in [2.45, 2.75) is 0 Å². The van der Waals surface area contributed by atoms with Crippen LogP contribution in [0.25, 0.3) is 17.0 Å². The molecule has 0 bridgehead atoms. The molecule has 3 aromatic rings. The summed E-state index contributed by atoms with van der Waals surface area (Å²) in [6, 6.07) is 14.0. The fraction of sp³-hybridized carbons (Fsp3) is 0.250. The first-order valence-electron chi connectivity index (χ1n) is 7.26. The molecule has 2 aromatic heterocycles. The van der Waals surface area contributed by atoms with E-state index in [1.165, 1.54) is 0 Å². The van der Waals surface area contributed by atoms with Crippen LogP contribution >= 0.6 is 0 Å². The van der Waals surface area contributed by atoms with Crippen LogP contribution in [0, 0.1) is 0 Å². The minimum Gasteiger partial charge on any atom is -0.314 e. The minimum atomic E-state index is 0.844. The summed E-state index contributed by atoms with van der Waals surface area (Å²) in [5.41, 5.74) is 2.05. The number of para-hydroxylation sites is 2. The molecule has 21 heavy (non-hydrogen) atoms. The molecule has 108 valence electrons. The number of rotatable bonds is 1. The Bertz CT molecular complexity index is 629. The van der Waals surface area contributed by atoms with Crippen molar-refractivity contribution in [3.63, 3.8) is 0 Å². The number of hydrogen-bond donors (Lipinski definition) is 3. The lowest BCUT2D eigenvalue weighted by Gasteiger charge is -2.11. The number of nitrogens with one attached hydrogen (secondary N) is 3. The standard InChI is InChI=1S/C12H10N3.C4H10N2/c1-4-8-15(9-5-1)12-13-10-6-2-3-7-11(10)14-12;1-2-6-4-3-5-1/h1-9H,(H,13,14);5-6H,1-4H2/q+1;. The van der Waals surface area contributed by atoms with Crippen molar-refractivity contribution in [2.75, 3.05) is 26.2 Å². The summed E-state index contributed by atoms with van der Waals surface area (Å²) < 4.78 is 1.96.